The van der Waals surface area contributed by atoms with Crippen LogP contribution in [0.2, 0.25) is 5.02 Å². The van der Waals surface area contributed by atoms with E-state index in [1.807, 2.05) is 12.1 Å². The summed E-state index contributed by atoms with van der Waals surface area (Å²) in [4.78, 5) is 2.56. The average molecular weight is 281 g/mol. The molecule has 2 aliphatic rings. The van der Waals surface area contributed by atoms with Crippen LogP contribution in [0.25, 0.3) is 0 Å². The van der Waals surface area contributed by atoms with Crippen molar-refractivity contribution in [1.82, 2.24) is 10.2 Å². The van der Waals surface area contributed by atoms with Gasteiger partial charge in [-0.15, -0.1) is 0 Å². The first-order valence-electron chi connectivity index (χ1n) is 7.17. The number of hydrogen-bond donors (Lipinski definition) is 2. The third kappa shape index (κ3) is 3.41. The van der Waals surface area contributed by atoms with Crippen molar-refractivity contribution >= 4 is 11.6 Å². The molecule has 2 fully saturated rings. The van der Waals surface area contributed by atoms with Crippen LogP contribution in [0.3, 0.4) is 0 Å². The predicted octanol–water partition coefficient (Wildman–Crippen LogP) is 2.76. The minimum absolute atomic E-state index is 0.167. The smallest absolute Gasteiger partial charge is 0.134 e. The highest BCUT2D eigenvalue weighted by molar-refractivity contribution is 6.32. The van der Waals surface area contributed by atoms with E-state index in [0.717, 1.165) is 25.7 Å². The van der Waals surface area contributed by atoms with Gasteiger partial charge in [0, 0.05) is 25.2 Å². The number of benzene rings is 1. The molecule has 1 heterocycles. The van der Waals surface area contributed by atoms with Gasteiger partial charge in [0.1, 0.15) is 5.75 Å². The zero-order chi connectivity index (χ0) is 13.2. The fraction of sp³-hybridized carbons (Fsp3) is 0.600. The monoisotopic (exact) mass is 280 g/mol. The second kappa shape index (κ2) is 5.70. The highest BCUT2D eigenvalue weighted by atomic mass is 35.5. The van der Waals surface area contributed by atoms with Crippen LogP contribution in [0.5, 0.6) is 5.75 Å². The molecule has 1 aromatic carbocycles. The van der Waals surface area contributed by atoms with Gasteiger partial charge in [0.05, 0.1) is 5.02 Å². The summed E-state index contributed by atoms with van der Waals surface area (Å²) in [5, 5.41) is 13.5. The van der Waals surface area contributed by atoms with E-state index in [4.69, 9.17) is 11.6 Å². The van der Waals surface area contributed by atoms with Gasteiger partial charge in [0.2, 0.25) is 0 Å². The molecular weight excluding hydrogens is 260 g/mol. The number of rotatable bonds is 5. The average Bonchev–Trinajstić information content (AvgIpc) is 3.12. The number of aromatic hydroxyl groups is 1. The third-order valence-corrected chi connectivity index (χ3v) is 4.38. The maximum atomic E-state index is 9.47. The van der Waals surface area contributed by atoms with E-state index in [9.17, 15) is 5.11 Å². The van der Waals surface area contributed by atoms with Gasteiger partial charge < -0.3 is 10.4 Å². The fourth-order valence-electron chi connectivity index (χ4n) is 2.86. The highest BCUT2D eigenvalue weighted by Crippen LogP contribution is 2.30. The summed E-state index contributed by atoms with van der Waals surface area (Å²) in [7, 11) is 0. The van der Waals surface area contributed by atoms with Gasteiger partial charge in [-0.3, -0.25) is 4.90 Å². The minimum atomic E-state index is 0.167. The Kier molecular flexibility index (Phi) is 3.96. The summed E-state index contributed by atoms with van der Waals surface area (Å²) in [6, 6.07) is 6.94. The first-order valence-corrected chi connectivity index (χ1v) is 7.55. The summed E-state index contributed by atoms with van der Waals surface area (Å²) >= 11 is 5.98. The molecule has 104 valence electrons. The quantitative estimate of drug-likeness (QED) is 0.871. The maximum Gasteiger partial charge on any atom is 0.134 e. The Morgan fingerprint density at radius 2 is 2.16 bits per heavy atom. The molecule has 0 aromatic heterocycles. The lowest BCUT2D eigenvalue weighted by Crippen LogP contribution is -2.38. The lowest BCUT2D eigenvalue weighted by atomic mass is 10.1. The number of halogens is 1. The van der Waals surface area contributed by atoms with Crippen LogP contribution >= 0.6 is 11.6 Å². The lowest BCUT2D eigenvalue weighted by molar-refractivity contribution is 0.231. The van der Waals surface area contributed by atoms with Crippen molar-refractivity contribution in [2.45, 2.75) is 44.3 Å². The van der Waals surface area contributed by atoms with Gasteiger partial charge in [-0.25, -0.2) is 0 Å². The largest absolute Gasteiger partial charge is 0.506 e. The number of hydrogen-bond acceptors (Lipinski definition) is 3. The summed E-state index contributed by atoms with van der Waals surface area (Å²) in [6.45, 7) is 3.22. The van der Waals surface area contributed by atoms with Crippen molar-refractivity contribution in [2.24, 2.45) is 0 Å². The van der Waals surface area contributed by atoms with Crippen LogP contribution in [0.1, 0.15) is 31.2 Å². The molecule has 0 bridgehead atoms. The van der Waals surface area contributed by atoms with Crippen LogP contribution < -0.4 is 5.32 Å². The molecule has 1 unspecified atom stereocenters. The first-order chi connectivity index (χ1) is 9.22. The molecule has 1 aliphatic heterocycles. The Bertz CT molecular complexity index is 442. The van der Waals surface area contributed by atoms with Gasteiger partial charge in [-0.05, 0) is 49.9 Å². The predicted molar refractivity (Wildman–Crippen MR) is 77.6 cm³/mol. The highest BCUT2D eigenvalue weighted by Gasteiger charge is 2.31. The van der Waals surface area contributed by atoms with Crippen LogP contribution in [0.15, 0.2) is 18.2 Å². The molecular formula is C15H21ClN2O. The Morgan fingerprint density at radius 3 is 2.79 bits per heavy atom. The normalized spacial score (nSPS) is 23.2. The van der Waals surface area contributed by atoms with Crippen LogP contribution in [-0.4, -0.2) is 35.2 Å². The molecule has 2 N–H and O–H groups in total. The van der Waals surface area contributed by atoms with E-state index < -0.39 is 0 Å². The van der Waals surface area contributed by atoms with Gasteiger partial charge in [0.25, 0.3) is 0 Å². The molecule has 1 aliphatic carbocycles. The summed E-state index contributed by atoms with van der Waals surface area (Å²) in [6.07, 6.45) is 5.23. The van der Waals surface area contributed by atoms with Crippen molar-refractivity contribution in [3.63, 3.8) is 0 Å². The molecule has 3 nitrogen and oxygen atoms in total. The molecule has 0 amide bonds. The van der Waals surface area contributed by atoms with Gasteiger partial charge in [-0.1, -0.05) is 17.7 Å². The van der Waals surface area contributed by atoms with Crippen LogP contribution in [0.4, 0.5) is 0 Å². The van der Waals surface area contributed by atoms with Crippen molar-refractivity contribution in [2.75, 3.05) is 13.1 Å². The number of nitrogens with zero attached hydrogens (tertiary/aromatic N) is 1. The minimum Gasteiger partial charge on any atom is -0.506 e. The summed E-state index contributed by atoms with van der Waals surface area (Å²) in [5.41, 5.74) is 1.19. The Morgan fingerprint density at radius 1 is 1.32 bits per heavy atom. The Balaban J connectivity index is 1.64. The standard InChI is InChI=1S/C15H21ClN2O/c16-14-8-11(3-6-15(14)19)9-18(13-4-5-13)10-12-2-1-7-17-12/h3,6,8,12-13,17,19H,1-2,4-5,7,9-10H2. The molecule has 1 atom stereocenters. The molecule has 0 radical (unpaired) electrons. The summed E-state index contributed by atoms with van der Waals surface area (Å²) < 4.78 is 0. The molecule has 4 heteroatoms. The number of phenolic OH excluding ortho intramolecular Hbond substituents is 1. The molecule has 19 heavy (non-hydrogen) atoms. The van der Waals surface area contributed by atoms with E-state index in [0.29, 0.717) is 11.1 Å². The van der Waals surface area contributed by atoms with E-state index in [1.54, 1.807) is 6.07 Å². The Labute approximate surface area is 119 Å². The van der Waals surface area contributed by atoms with Gasteiger partial charge in [0.15, 0.2) is 0 Å². The van der Waals surface area contributed by atoms with E-state index >= 15 is 0 Å². The van der Waals surface area contributed by atoms with Crippen LogP contribution in [-0.2, 0) is 6.54 Å². The first kappa shape index (κ1) is 13.2. The third-order valence-electron chi connectivity index (χ3n) is 4.08. The van der Waals surface area contributed by atoms with Crippen molar-refractivity contribution in [1.29, 1.82) is 0 Å². The van der Waals surface area contributed by atoms with E-state index in [-0.39, 0.29) is 5.75 Å². The molecule has 1 saturated carbocycles. The topological polar surface area (TPSA) is 35.5 Å². The molecule has 1 aromatic rings. The second-order valence-electron chi connectivity index (χ2n) is 5.74. The lowest BCUT2D eigenvalue weighted by Gasteiger charge is -2.25. The number of phenols is 1. The zero-order valence-electron chi connectivity index (χ0n) is 11.1. The van der Waals surface area contributed by atoms with Crippen LogP contribution in [0, 0.1) is 0 Å². The van der Waals surface area contributed by atoms with Crippen molar-refractivity contribution < 1.29 is 5.11 Å². The van der Waals surface area contributed by atoms with Gasteiger partial charge >= 0.3 is 0 Å². The van der Waals surface area contributed by atoms with E-state index in [2.05, 4.69) is 10.2 Å². The fourth-order valence-corrected chi connectivity index (χ4v) is 3.06. The van der Waals surface area contributed by atoms with E-state index in [1.165, 1.54) is 31.2 Å². The molecule has 1 saturated heterocycles. The summed E-state index contributed by atoms with van der Waals surface area (Å²) in [5.74, 6) is 0.167. The molecule has 3 rings (SSSR count). The molecule has 0 spiro atoms. The Hall–Kier alpha value is -0.770. The second-order valence-corrected chi connectivity index (χ2v) is 6.15. The van der Waals surface area contributed by atoms with Crippen molar-refractivity contribution in [3.8, 4) is 5.75 Å². The maximum absolute atomic E-state index is 9.47. The SMILES string of the molecule is Oc1ccc(CN(CC2CCCN2)C2CC2)cc1Cl. The number of nitrogens with one attached hydrogen (secondary N) is 1. The van der Waals surface area contributed by atoms with Crippen molar-refractivity contribution in [3.05, 3.63) is 28.8 Å². The van der Waals surface area contributed by atoms with Gasteiger partial charge in [-0.2, -0.15) is 0 Å². The zero-order valence-corrected chi connectivity index (χ0v) is 11.9.